The average molecular weight is 650 g/mol. The second kappa shape index (κ2) is 11.6. The van der Waals surface area contributed by atoms with Crippen molar-refractivity contribution in [1.82, 2.24) is 4.57 Å². The fraction of sp³-hybridized carbons (Fsp3) is 0.296. The summed E-state index contributed by atoms with van der Waals surface area (Å²) in [6, 6.07) is 8.25. The van der Waals surface area contributed by atoms with Crippen molar-refractivity contribution in [2.24, 2.45) is 4.99 Å². The molecule has 2 heterocycles. The Hall–Kier alpha value is -3.32. The van der Waals surface area contributed by atoms with Crippen molar-refractivity contribution >= 4 is 46.0 Å². The van der Waals surface area contributed by atoms with Crippen molar-refractivity contribution in [3.05, 3.63) is 76.0 Å². The molecule has 38 heavy (non-hydrogen) atoms. The Balaban J connectivity index is 1.96. The van der Waals surface area contributed by atoms with E-state index >= 15 is 0 Å². The van der Waals surface area contributed by atoms with Crippen LogP contribution in [0.15, 0.2) is 51.4 Å². The van der Waals surface area contributed by atoms with E-state index in [0.29, 0.717) is 49.2 Å². The van der Waals surface area contributed by atoms with Crippen LogP contribution < -0.4 is 33.8 Å². The Bertz CT molecular complexity index is 1610. The fourth-order valence-corrected chi connectivity index (χ4v) is 6.19. The maximum Gasteiger partial charge on any atom is 0.338 e. The lowest BCUT2D eigenvalue weighted by Crippen LogP contribution is -2.40. The molecular weight excluding hydrogens is 623 g/mol. The molecule has 0 saturated heterocycles. The van der Waals surface area contributed by atoms with Crippen LogP contribution in [0.5, 0.6) is 23.0 Å². The van der Waals surface area contributed by atoms with Gasteiger partial charge < -0.3 is 23.7 Å². The van der Waals surface area contributed by atoms with Crippen molar-refractivity contribution in [2.45, 2.75) is 19.9 Å². The van der Waals surface area contributed by atoms with Gasteiger partial charge in [-0.2, -0.15) is 0 Å². The summed E-state index contributed by atoms with van der Waals surface area (Å²) >= 11 is 3.41. The molecule has 11 heteroatoms. The van der Waals surface area contributed by atoms with E-state index in [1.807, 2.05) is 6.07 Å². The zero-order valence-corrected chi connectivity index (χ0v) is 24.8. The number of nitrogens with zero attached hydrogens (tertiary/aromatic N) is 2. The van der Waals surface area contributed by atoms with Gasteiger partial charge in [0.15, 0.2) is 27.8 Å². The first-order valence-corrected chi connectivity index (χ1v) is 13.5. The van der Waals surface area contributed by atoms with E-state index in [1.165, 1.54) is 23.0 Å². The predicted molar refractivity (Wildman–Crippen MR) is 152 cm³/mol. The molecule has 1 aliphatic heterocycles. The first-order chi connectivity index (χ1) is 18.3. The smallest absolute Gasteiger partial charge is 0.338 e. The summed E-state index contributed by atoms with van der Waals surface area (Å²) in [6.45, 7) is 3.67. The number of fused-ring (bicyclic) bond motifs is 1. The van der Waals surface area contributed by atoms with Gasteiger partial charge in [0.05, 0.1) is 60.5 Å². The number of hydrogen-bond donors (Lipinski definition) is 0. The second-order valence-corrected chi connectivity index (χ2v) is 10.3. The van der Waals surface area contributed by atoms with Crippen LogP contribution in [0.25, 0.3) is 6.08 Å². The van der Waals surface area contributed by atoms with Gasteiger partial charge in [0.1, 0.15) is 0 Å². The monoisotopic (exact) mass is 650 g/mol. The van der Waals surface area contributed by atoms with Crippen LogP contribution in [0.4, 0.5) is 0 Å². The van der Waals surface area contributed by atoms with Gasteiger partial charge in [-0.25, -0.2) is 9.79 Å². The molecule has 1 aromatic heterocycles. The minimum atomic E-state index is -0.766. The van der Waals surface area contributed by atoms with E-state index in [9.17, 15) is 9.59 Å². The van der Waals surface area contributed by atoms with Crippen LogP contribution in [0, 0.1) is 3.57 Å². The summed E-state index contributed by atoms with van der Waals surface area (Å²) in [6.07, 6.45) is 1.78. The number of thiazole rings is 1. The molecule has 0 aliphatic carbocycles. The van der Waals surface area contributed by atoms with Gasteiger partial charge in [-0.15, -0.1) is 0 Å². The minimum absolute atomic E-state index is 0.191. The maximum atomic E-state index is 13.9. The van der Waals surface area contributed by atoms with Crippen LogP contribution in [0.2, 0.25) is 0 Å². The van der Waals surface area contributed by atoms with E-state index in [1.54, 1.807) is 65.5 Å². The molecule has 0 saturated carbocycles. The largest absolute Gasteiger partial charge is 0.493 e. The summed E-state index contributed by atoms with van der Waals surface area (Å²) in [5, 5.41) is 0. The molecule has 200 valence electrons. The molecule has 9 nitrogen and oxygen atoms in total. The lowest BCUT2D eigenvalue weighted by Gasteiger charge is -2.25. The van der Waals surface area contributed by atoms with Crippen LogP contribution in [-0.2, 0) is 9.53 Å². The van der Waals surface area contributed by atoms with Crippen molar-refractivity contribution in [2.75, 3.05) is 35.0 Å². The Morgan fingerprint density at radius 1 is 1.05 bits per heavy atom. The quantitative estimate of drug-likeness (QED) is 0.272. The Kier molecular flexibility index (Phi) is 8.46. The Labute approximate surface area is 237 Å². The summed E-state index contributed by atoms with van der Waals surface area (Å²) in [4.78, 5) is 32.1. The summed E-state index contributed by atoms with van der Waals surface area (Å²) in [7, 11) is 6.22. The molecule has 0 radical (unpaired) electrons. The van der Waals surface area contributed by atoms with Crippen molar-refractivity contribution in [3.8, 4) is 23.0 Å². The zero-order valence-electron chi connectivity index (χ0n) is 21.8. The third-order valence-electron chi connectivity index (χ3n) is 5.99. The van der Waals surface area contributed by atoms with Crippen LogP contribution in [0.1, 0.15) is 31.0 Å². The first-order valence-electron chi connectivity index (χ1n) is 11.6. The van der Waals surface area contributed by atoms with Gasteiger partial charge in [0.25, 0.3) is 5.56 Å². The third kappa shape index (κ3) is 5.04. The lowest BCUT2D eigenvalue weighted by atomic mass is 9.95. The molecule has 4 rings (SSSR count). The molecule has 0 fully saturated rings. The molecule has 0 amide bonds. The number of carbonyl (C=O) groups excluding carboxylic acids is 1. The number of benzene rings is 2. The topological polar surface area (TPSA) is 97.6 Å². The number of hydrogen-bond acceptors (Lipinski definition) is 9. The lowest BCUT2D eigenvalue weighted by molar-refractivity contribution is -0.139. The number of aromatic nitrogens is 1. The highest BCUT2D eigenvalue weighted by molar-refractivity contribution is 14.1. The van der Waals surface area contributed by atoms with E-state index in [2.05, 4.69) is 27.6 Å². The molecule has 3 aromatic rings. The molecule has 0 spiro atoms. The number of methoxy groups -OCH3 is 4. The Morgan fingerprint density at radius 3 is 2.39 bits per heavy atom. The first kappa shape index (κ1) is 27.7. The standard InChI is InChI=1S/C27H27IN2O7S/c1-7-37-26(32)22-14(2)29-27-30(23(22)16-8-9-18(33-3)19(13-16)34-4)25(31)21(38-27)12-15-10-17(28)24(36-6)20(11-15)35-5/h8-13,23H,7H2,1-6H3/b21-12+/t23-/m0/s1. The van der Waals surface area contributed by atoms with Crippen molar-refractivity contribution in [3.63, 3.8) is 0 Å². The highest BCUT2D eigenvalue weighted by atomic mass is 127. The summed E-state index contributed by atoms with van der Waals surface area (Å²) < 4.78 is 30.0. The SMILES string of the molecule is CCOC(=O)C1=C(C)N=c2s/c(=C/c3cc(I)c(OC)c(OC)c3)c(=O)n2[C@H]1c1ccc(OC)c(OC)c1. The number of allylic oxidation sites excluding steroid dienone is 1. The van der Waals surface area contributed by atoms with Gasteiger partial charge in [0, 0.05) is 0 Å². The van der Waals surface area contributed by atoms with E-state index < -0.39 is 12.0 Å². The van der Waals surface area contributed by atoms with Gasteiger partial charge in [-0.1, -0.05) is 17.4 Å². The number of rotatable bonds is 8. The molecule has 0 N–H and O–H groups in total. The summed E-state index contributed by atoms with van der Waals surface area (Å²) in [5.41, 5.74) is 1.91. The van der Waals surface area contributed by atoms with Crippen LogP contribution in [0.3, 0.4) is 0 Å². The molecular formula is C27H27IN2O7S. The maximum absolute atomic E-state index is 13.9. The molecule has 0 unspecified atom stereocenters. The molecule has 1 atom stereocenters. The van der Waals surface area contributed by atoms with Gasteiger partial charge >= 0.3 is 5.97 Å². The average Bonchev–Trinajstić information content (AvgIpc) is 3.21. The normalized spacial score (nSPS) is 15.0. The molecule has 2 aromatic carbocycles. The van der Waals surface area contributed by atoms with Gasteiger partial charge in [-0.3, -0.25) is 9.36 Å². The van der Waals surface area contributed by atoms with E-state index in [0.717, 1.165) is 9.13 Å². The van der Waals surface area contributed by atoms with Crippen LogP contribution >= 0.6 is 33.9 Å². The molecule has 1 aliphatic rings. The zero-order chi connectivity index (χ0) is 27.6. The predicted octanol–water partition coefficient (Wildman–Crippen LogP) is 3.44. The Morgan fingerprint density at radius 2 is 1.76 bits per heavy atom. The van der Waals surface area contributed by atoms with Gasteiger partial charge in [-0.05, 0) is 77.9 Å². The third-order valence-corrected chi connectivity index (χ3v) is 7.78. The second-order valence-electron chi connectivity index (χ2n) is 8.15. The number of esters is 1. The van der Waals surface area contributed by atoms with Crippen LogP contribution in [-0.4, -0.2) is 45.6 Å². The van der Waals surface area contributed by atoms with E-state index in [4.69, 9.17) is 23.7 Å². The number of halogens is 1. The van der Waals surface area contributed by atoms with Crippen molar-refractivity contribution in [1.29, 1.82) is 0 Å². The highest BCUT2D eigenvalue weighted by Crippen LogP contribution is 2.36. The fourth-order valence-electron chi connectivity index (χ4n) is 4.30. The van der Waals surface area contributed by atoms with E-state index in [-0.39, 0.29) is 12.2 Å². The highest BCUT2D eigenvalue weighted by Gasteiger charge is 2.34. The van der Waals surface area contributed by atoms with Gasteiger partial charge in [0.2, 0.25) is 0 Å². The minimum Gasteiger partial charge on any atom is -0.493 e. The van der Waals surface area contributed by atoms with Crippen molar-refractivity contribution < 1.29 is 28.5 Å². The number of ether oxygens (including phenoxy) is 5. The number of carbonyl (C=O) groups is 1. The summed E-state index contributed by atoms with van der Waals surface area (Å²) in [5.74, 6) is 1.66. The molecule has 0 bridgehead atoms.